The first kappa shape index (κ1) is 7.80. The van der Waals surface area contributed by atoms with Crippen molar-refractivity contribution >= 4 is 5.97 Å². The second kappa shape index (κ2) is 2.47. The van der Waals surface area contributed by atoms with Crippen LogP contribution in [0.2, 0.25) is 0 Å². The number of hydrogen-bond acceptors (Lipinski definition) is 3. The van der Waals surface area contributed by atoms with E-state index in [1.54, 1.807) is 0 Å². The van der Waals surface area contributed by atoms with E-state index in [4.69, 9.17) is 9.47 Å². The third kappa shape index (κ3) is 0.909. The van der Waals surface area contributed by atoms with Gasteiger partial charge in [-0.25, -0.2) is 0 Å². The van der Waals surface area contributed by atoms with Crippen LogP contribution < -0.4 is 0 Å². The van der Waals surface area contributed by atoms with Crippen molar-refractivity contribution in [2.75, 3.05) is 6.61 Å². The summed E-state index contributed by atoms with van der Waals surface area (Å²) in [6.07, 6.45) is 5.28. The molecule has 13 heavy (non-hydrogen) atoms. The Morgan fingerprint density at radius 3 is 3.23 bits per heavy atom. The van der Waals surface area contributed by atoms with E-state index in [1.165, 1.54) is 12.8 Å². The Morgan fingerprint density at radius 2 is 2.31 bits per heavy atom. The maximum absolute atomic E-state index is 11.2. The Hall–Kier alpha value is -0.570. The molecule has 0 amide bonds. The second-order valence-corrected chi connectivity index (χ2v) is 4.40. The first-order valence-corrected chi connectivity index (χ1v) is 5.15. The lowest BCUT2D eigenvalue weighted by Gasteiger charge is -2.35. The molecular formula is C10H14O3. The van der Waals surface area contributed by atoms with E-state index in [2.05, 4.69) is 0 Å². The van der Waals surface area contributed by atoms with Gasteiger partial charge in [0.25, 0.3) is 0 Å². The molecule has 0 aromatic rings. The highest BCUT2D eigenvalue weighted by Crippen LogP contribution is 2.49. The highest BCUT2D eigenvalue weighted by atomic mass is 16.6. The van der Waals surface area contributed by atoms with Gasteiger partial charge in [-0.05, 0) is 19.3 Å². The second-order valence-electron chi connectivity index (χ2n) is 4.40. The van der Waals surface area contributed by atoms with Crippen molar-refractivity contribution in [1.29, 1.82) is 0 Å². The topological polar surface area (TPSA) is 35.5 Å². The molecule has 0 bridgehead atoms. The van der Waals surface area contributed by atoms with Crippen molar-refractivity contribution in [2.24, 2.45) is 5.92 Å². The lowest BCUT2D eigenvalue weighted by atomic mass is 9.76. The molecule has 0 aromatic carbocycles. The Balaban J connectivity index is 1.94. The smallest absolute Gasteiger partial charge is 0.306 e. The normalized spacial score (nSPS) is 48.5. The fraction of sp³-hybridized carbons (Fsp3) is 0.900. The van der Waals surface area contributed by atoms with Crippen LogP contribution in [-0.4, -0.2) is 24.3 Å². The summed E-state index contributed by atoms with van der Waals surface area (Å²) >= 11 is 0. The van der Waals surface area contributed by atoms with Crippen LogP contribution >= 0.6 is 0 Å². The maximum Gasteiger partial charge on any atom is 0.306 e. The standard InChI is InChI=1S/C10H14O3/c11-9-5-7-6-12-8-3-1-2-4-10(7,8)13-9/h7-8H,1-6H2. The predicted octanol–water partition coefficient (Wildman–Crippen LogP) is 1.26. The molecule has 0 radical (unpaired) electrons. The van der Waals surface area contributed by atoms with Crippen LogP contribution in [0.15, 0.2) is 0 Å². The van der Waals surface area contributed by atoms with E-state index >= 15 is 0 Å². The van der Waals surface area contributed by atoms with Crippen molar-refractivity contribution in [2.45, 2.75) is 43.8 Å². The fourth-order valence-corrected chi connectivity index (χ4v) is 3.09. The molecule has 72 valence electrons. The molecule has 0 N–H and O–H groups in total. The number of hydrogen-bond donors (Lipinski definition) is 0. The van der Waals surface area contributed by atoms with E-state index in [9.17, 15) is 4.79 Å². The van der Waals surface area contributed by atoms with Crippen molar-refractivity contribution in [3.05, 3.63) is 0 Å². The summed E-state index contributed by atoms with van der Waals surface area (Å²) in [6.45, 7) is 0.733. The van der Waals surface area contributed by atoms with Gasteiger partial charge in [-0.3, -0.25) is 4.79 Å². The zero-order chi connectivity index (χ0) is 8.89. The van der Waals surface area contributed by atoms with Gasteiger partial charge in [0.15, 0.2) is 0 Å². The number of carbonyl (C=O) groups is 1. The molecular weight excluding hydrogens is 168 g/mol. The van der Waals surface area contributed by atoms with E-state index in [0.717, 1.165) is 19.4 Å². The van der Waals surface area contributed by atoms with Crippen LogP contribution in [0.3, 0.4) is 0 Å². The summed E-state index contributed by atoms with van der Waals surface area (Å²) in [4.78, 5) is 11.2. The Bertz CT molecular complexity index is 249. The molecule has 3 unspecified atom stereocenters. The van der Waals surface area contributed by atoms with Crippen molar-refractivity contribution < 1.29 is 14.3 Å². The third-order valence-corrected chi connectivity index (χ3v) is 3.74. The lowest BCUT2D eigenvalue weighted by molar-refractivity contribution is -0.159. The average molecular weight is 182 g/mol. The van der Waals surface area contributed by atoms with Crippen molar-refractivity contribution in [3.63, 3.8) is 0 Å². The summed E-state index contributed by atoms with van der Waals surface area (Å²) in [6, 6.07) is 0. The van der Waals surface area contributed by atoms with Gasteiger partial charge in [-0.15, -0.1) is 0 Å². The average Bonchev–Trinajstić information content (AvgIpc) is 2.57. The Morgan fingerprint density at radius 1 is 1.38 bits per heavy atom. The molecule has 3 heteroatoms. The molecule has 2 saturated heterocycles. The molecule has 1 saturated carbocycles. The molecule has 1 aliphatic carbocycles. The molecule has 3 aliphatic rings. The van der Waals surface area contributed by atoms with Gasteiger partial charge in [-0.1, -0.05) is 6.42 Å². The molecule has 3 rings (SSSR count). The number of rotatable bonds is 0. The van der Waals surface area contributed by atoms with Gasteiger partial charge in [-0.2, -0.15) is 0 Å². The minimum atomic E-state index is -0.199. The monoisotopic (exact) mass is 182 g/mol. The van der Waals surface area contributed by atoms with Gasteiger partial charge in [0.1, 0.15) is 5.60 Å². The molecule has 3 fully saturated rings. The van der Waals surface area contributed by atoms with Crippen LogP contribution in [-0.2, 0) is 14.3 Å². The summed E-state index contributed by atoms with van der Waals surface area (Å²) < 4.78 is 11.2. The minimum absolute atomic E-state index is 0.0137. The summed E-state index contributed by atoms with van der Waals surface area (Å²) in [5.74, 6) is 0.338. The Labute approximate surface area is 77.4 Å². The van der Waals surface area contributed by atoms with Gasteiger partial charge in [0.2, 0.25) is 0 Å². The largest absolute Gasteiger partial charge is 0.456 e. The minimum Gasteiger partial charge on any atom is -0.456 e. The zero-order valence-corrected chi connectivity index (χ0v) is 7.62. The highest BCUT2D eigenvalue weighted by Gasteiger charge is 2.59. The lowest BCUT2D eigenvalue weighted by Crippen LogP contribution is -2.44. The first-order valence-electron chi connectivity index (χ1n) is 5.15. The quantitative estimate of drug-likeness (QED) is 0.529. The third-order valence-electron chi connectivity index (χ3n) is 3.74. The van der Waals surface area contributed by atoms with Crippen molar-refractivity contribution in [3.8, 4) is 0 Å². The first-order chi connectivity index (χ1) is 6.31. The van der Waals surface area contributed by atoms with Crippen LogP contribution in [0.1, 0.15) is 32.1 Å². The summed E-state index contributed by atoms with van der Waals surface area (Å²) in [5.41, 5.74) is -0.199. The summed E-state index contributed by atoms with van der Waals surface area (Å²) in [5, 5.41) is 0. The van der Waals surface area contributed by atoms with Crippen molar-refractivity contribution in [1.82, 2.24) is 0 Å². The predicted molar refractivity (Wildman–Crippen MR) is 45.1 cm³/mol. The molecule has 3 nitrogen and oxygen atoms in total. The highest BCUT2D eigenvalue weighted by molar-refractivity contribution is 5.73. The SMILES string of the molecule is O=C1CC2COC3CCCCC23O1. The van der Waals surface area contributed by atoms with Gasteiger partial charge >= 0.3 is 5.97 Å². The molecule has 3 atom stereocenters. The fourth-order valence-electron chi connectivity index (χ4n) is 3.09. The van der Waals surface area contributed by atoms with E-state index < -0.39 is 0 Å². The zero-order valence-electron chi connectivity index (χ0n) is 7.62. The van der Waals surface area contributed by atoms with Crippen LogP contribution in [0.5, 0.6) is 0 Å². The molecule has 1 spiro atoms. The van der Waals surface area contributed by atoms with E-state index in [1.807, 2.05) is 0 Å². The van der Waals surface area contributed by atoms with Crippen LogP contribution in [0.25, 0.3) is 0 Å². The van der Waals surface area contributed by atoms with Gasteiger partial charge in [0, 0.05) is 5.92 Å². The maximum atomic E-state index is 11.2. The number of ether oxygens (including phenoxy) is 2. The van der Waals surface area contributed by atoms with Crippen LogP contribution in [0.4, 0.5) is 0 Å². The molecule has 0 aromatic heterocycles. The Kier molecular flexibility index (Phi) is 1.48. The number of carbonyl (C=O) groups excluding carboxylic acids is 1. The van der Waals surface area contributed by atoms with E-state index in [0.29, 0.717) is 12.3 Å². The van der Waals surface area contributed by atoms with Gasteiger partial charge in [0.05, 0.1) is 19.1 Å². The summed E-state index contributed by atoms with van der Waals surface area (Å²) in [7, 11) is 0. The van der Waals surface area contributed by atoms with E-state index in [-0.39, 0.29) is 17.7 Å². The van der Waals surface area contributed by atoms with Gasteiger partial charge < -0.3 is 9.47 Å². The molecule has 2 aliphatic heterocycles. The number of esters is 1. The van der Waals surface area contributed by atoms with Crippen LogP contribution in [0, 0.1) is 5.92 Å². The molecule has 2 heterocycles.